The fraction of sp³-hybridized carbons (Fsp3) is 0.235. The Morgan fingerprint density at radius 1 is 1.09 bits per heavy atom. The maximum absolute atomic E-state index is 12.1. The van der Waals surface area contributed by atoms with Crippen LogP contribution in [0.3, 0.4) is 0 Å². The van der Waals surface area contributed by atoms with Crippen molar-refractivity contribution in [2.24, 2.45) is 0 Å². The molecule has 0 saturated heterocycles. The number of carbonyl (C=O) groups excluding carboxylic acids is 1. The summed E-state index contributed by atoms with van der Waals surface area (Å²) < 4.78 is 10.6. The number of methoxy groups -OCH3 is 2. The lowest BCUT2D eigenvalue weighted by Gasteiger charge is -2.12. The van der Waals surface area contributed by atoms with Crippen LogP contribution in [0.4, 0.5) is 5.69 Å². The summed E-state index contributed by atoms with van der Waals surface area (Å²) in [7, 11) is 3.18. The van der Waals surface area contributed by atoms with Crippen LogP contribution in [0.25, 0.3) is 0 Å². The molecule has 0 fully saturated rings. The molecule has 4 nitrogen and oxygen atoms in total. The highest BCUT2D eigenvalue weighted by atomic mass is 35.5. The van der Waals surface area contributed by atoms with E-state index in [1.807, 2.05) is 30.3 Å². The molecule has 2 rings (SSSR count). The van der Waals surface area contributed by atoms with Gasteiger partial charge in [0.1, 0.15) is 0 Å². The Bertz CT molecular complexity index is 658. The SMILES string of the molecule is COc1cccc(CCC(=O)Nc2ccccc2Cl)c1OC. The minimum atomic E-state index is -0.0991. The van der Waals surface area contributed by atoms with Gasteiger partial charge in [0.15, 0.2) is 11.5 Å². The van der Waals surface area contributed by atoms with Crippen LogP contribution in [0.2, 0.25) is 5.02 Å². The van der Waals surface area contributed by atoms with E-state index in [1.165, 1.54) is 0 Å². The zero-order valence-corrected chi connectivity index (χ0v) is 13.3. The van der Waals surface area contributed by atoms with Crippen molar-refractivity contribution in [3.05, 3.63) is 53.1 Å². The van der Waals surface area contributed by atoms with Gasteiger partial charge in [-0.1, -0.05) is 35.9 Å². The molecule has 0 aromatic heterocycles. The molecule has 2 aromatic carbocycles. The molecule has 0 heterocycles. The van der Waals surface area contributed by atoms with Crippen LogP contribution >= 0.6 is 11.6 Å². The molecule has 5 heteroatoms. The van der Waals surface area contributed by atoms with Crippen molar-refractivity contribution in [3.63, 3.8) is 0 Å². The van der Waals surface area contributed by atoms with Crippen LogP contribution in [-0.4, -0.2) is 20.1 Å². The van der Waals surface area contributed by atoms with Crippen molar-refractivity contribution in [1.29, 1.82) is 0 Å². The Morgan fingerprint density at radius 2 is 1.86 bits per heavy atom. The van der Waals surface area contributed by atoms with Gasteiger partial charge >= 0.3 is 0 Å². The average molecular weight is 320 g/mol. The van der Waals surface area contributed by atoms with Crippen molar-refractivity contribution in [2.75, 3.05) is 19.5 Å². The number of benzene rings is 2. The maximum Gasteiger partial charge on any atom is 0.224 e. The molecule has 1 N–H and O–H groups in total. The Labute approximate surface area is 135 Å². The van der Waals surface area contributed by atoms with Gasteiger partial charge in [0.05, 0.1) is 24.9 Å². The van der Waals surface area contributed by atoms with Gasteiger partial charge in [-0.15, -0.1) is 0 Å². The molecule has 0 saturated carbocycles. The van der Waals surface area contributed by atoms with Crippen LogP contribution in [-0.2, 0) is 11.2 Å². The summed E-state index contributed by atoms with van der Waals surface area (Å²) in [5.74, 6) is 1.22. The first-order chi connectivity index (χ1) is 10.7. The Hall–Kier alpha value is -2.20. The van der Waals surface area contributed by atoms with E-state index in [9.17, 15) is 4.79 Å². The lowest BCUT2D eigenvalue weighted by Crippen LogP contribution is -2.13. The molecular formula is C17H18ClNO3. The molecular weight excluding hydrogens is 302 g/mol. The smallest absolute Gasteiger partial charge is 0.224 e. The van der Waals surface area contributed by atoms with E-state index in [-0.39, 0.29) is 5.91 Å². The molecule has 0 spiro atoms. The number of ether oxygens (including phenoxy) is 2. The Kier molecular flexibility index (Phi) is 5.67. The molecule has 22 heavy (non-hydrogen) atoms. The number of hydrogen-bond acceptors (Lipinski definition) is 3. The zero-order chi connectivity index (χ0) is 15.9. The number of anilines is 1. The Morgan fingerprint density at radius 3 is 2.55 bits per heavy atom. The predicted octanol–water partition coefficient (Wildman–Crippen LogP) is 3.93. The van der Waals surface area contributed by atoms with Gasteiger partial charge < -0.3 is 14.8 Å². The second-order valence-corrected chi connectivity index (χ2v) is 5.09. The van der Waals surface area contributed by atoms with Gasteiger partial charge in [-0.3, -0.25) is 4.79 Å². The normalized spacial score (nSPS) is 10.1. The van der Waals surface area contributed by atoms with Crippen molar-refractivity contribution in [2.45, 2.75) is 12.8 Å². The first-order valence-corrected chi connectivity index (χ1v) is 7.27. The van der Waals surface area contributed by atoms with Crippen LogP contribution in [0.15, 0.2) is 42.5 Å². The summed E-state index contributed by atoms with van der Waals surface area (Å²) in [6.45, 7) is 0. The predicted molar refractivity (Wildman–Crippen MR) is 87.9 cm³/mol. The van der Waals surface area contributed by atoms with Gasteiger partial charge in [-0.05, 0) is 30.2 Å². The third-order valence-corrected chi connectivity index (χ3v) is 3.58. The van der Waals surface area contributed by atoms with Crippen molar-refractivity contribution >= 4 is 23.2 Å². The fourth-order valence-electron chi connectivity index (χ4n) is 2.17. The van der Waals surface area contributed by atoms with E-state index >= 15 is 0 Å². The number of hydrogen-bond donors (Lipinski definition) is 1. The van der Waals surface area contributed by atoms with E-state index in [2.05, 4.69) is 5.32 Å². The van der Waals surface area contributed by atoms with Crippen molar-refractivity contribution < 1.29 is 14.3 Å². The highest BCUT2D eigenvalue weighted by Crippen LogP contribution is 2.31. The number of para-hydroxylation sites is 2. The second-order valence-electron chi connectivity index (χ2n) is 4.68. The largest absolute Gasteiger partial charge is 0.493 e. The van der Waals surface area contributed by atoms with E-state index in [4.69, 9.17) is 21.1 Å². The Balaban J connectivity index is 2.01. The van der Waals surface area contributed by atoms with Gasteiger partial charge in [0, 0.05) is 6.42 Å². The number of halogens is 1. The first kappa shape index (κ1) is 16.2. The minimum absolute atomic E-state index is 0.0991. The molecule has 116 valence electrons. The van der Waals surface area contributed by atoms with E-state index in [1.54, 1.807) is 26.4 Å². The molecule has 1 amide bonds. The lowest BCUT2D eigenvalue weighted by molar-refractivity contribution is -0.116. The molecule has 0 radical (unpaired) electrons. The third-order valence-electron chi connectivity index (χ3n) is 3.25. The maximum atomic E-state index is 12.1. The molecule has 0 aliphatic heterocycles. The van der Waals surface area contributed by atoms with Gasteiger partial charge in [-0.25, -0.2) is 0 Å². The van der Waals surface area contributed by atoms with E-state index in [0.717, 1.165) is 5.56 Å². The molecule has 2 aromatic rings. The van der Waals surface area contributed by atoms with Crippen LogP contribution in [0.1, 0.15) is 12.0 Å². The summed E-state index contributed by atoms with van der Waals surface area (Å²) in [5.41, 5.74) is 1.54. The highest BCUT2D eigenvalue weighted by Gasteiger charge is 2.11. The lowest BCUT2D eigenvalue weighted by atomic mass is 10.1. The molecule has 0 unspecified atom stereocenters. The summed E-state index contributed by atoms with van der Waals surface area (Å²) in [6.07, 6.45) is 0.880. The highest BCUT2D eigenvalue weighted by molar-refractivity contribution is 6.33. The molecule has 0 bridgehead atoms. The number of aryl methyl sites for hydroxylation is 1. The fourth-order valence-corrected chi connectivity index (χ4v) is 2.36. The summed E-state index contributed by atoms with van der Waals surface area (Å²) in [4.78, 5) is 12.1. The number of rotatable bonds is 6. The van der Waals surface area contributed by atoms with Crippen molar-refractivity contribution in [1.82, 2.24) is 0 Å². The quantitative estimate of drug-likeness (QED) is 0.877. The van der Waals surface area contributed by atoms with Crippen molar-refractivity contribution in [3.8, 4) is 11.5 Å². The summed E-state index contributed by atoms with van der Waals surface area (Å²) >= 11 is 6.02. The molecule has 0 atom stereocenters. The van der Waals surface area contributed by atoms with Crippen LogP contribution in [0, 0.1) is 0 Å². The summed E-state index contributed by atoms with van der Waals surface area (Å²) in [6, 6.07) is 12.8. The van der Waals surface area contributed by atoms with Gasteiger partial charge in [0.2, 0.25) is 5.91 Å². The van der Waals surface area contributed by atoms with Crippen LogP contribution in [0.5, 0.6) is 11.5 Å². The van der Waals surface area contributed by atoms with Gasteiger partial charge in [0.25, 0.3) is 0 Å². The monoisotopic (exact) mass is 319 g/mol. The van der Waals surface area contributed by atoms with Gasteiger partial charge in [-0.2, -0.15) is 0 Å². The average Bonchev–Trinajstić information content (AvgIpc) is 2.54. The topological polar surface area (TPSA) is 47.6 Å². The number of amides is 1. The number of nitrogens with one attached hydrogen (secondary N) is 1. The molecule has 0 aliphatic carbocycles. The molecule has 0 aliphatic rings. The van der Waals surface area contributed by atoms with E-state index in [0.29, 0.717) is 35.1 Å². The standard InChI is InChI=1S/C17H18ClNO3/c1-21-15-9-5-6-12(17(15)22-2)10-11-16(20)19-14-8-4-3-7-13(14)18/h3-9H,10-11H2,1-2H3,(H,19,20). The minimum Gasteiger partial charge on any atom is -0.493 e. The number of carbonyl (C=O) groups is 1. The first-order valence-electron chi connectivity index (χ1n) is 6.90. The summed E-state index contributed by atoms with van der Waals surface area (Å²) in [5, 5.41) is 3.33. The third kappa shape index (κ3) is 3.92. The second kappa shape index (κ2) is 7.71. The van der Waals surface area contributed by atoms with E-state index < -0.39 is 0 Å². The van der Waals surface area contributed by atoms with Crippen LogP contribution < -0.4 is 14.8 Å². The zero-order valence-electron chi connectivity index (χ0n) is 12.6.